The van der Waals surface area contributed by atoms with Gasteiger partial charge in [0.05, 0.1) is 0 Å². The van der Waals surface area contributed by atoms with Gasteiger partial charge in [-0.2, -0.15) is 0 Å². The maximum Gasteiger partial charge on any atom is 0 e. The van der Waals surface area contributed by atoms with Gasteiger partial charge in [-0.25, -0.2) is 0 Å². The molecule has 11 heavy (non-hydrogen) atoms. The summed E-state index contributed by atoms with van der Waals surface area (Å²) in [5.41, 5.74) is 0. The average molecular weight is 248 g/mol. The van der Waals surface area contributed by atoms with Crippen LogP contribution in [0.1, 0.15) is 0 Å². The summed E-state index contributed by atoms with van der Waals surface area (Å²) >= 11 is -4.86. The van der Waals surface area contributed by atoms with Crippen LogP contribution in [0.25, 0.3) is 0 Å². The van der Waals surface area contributed by atoms with Crippen LogP contribution in [0.15, 0.2) is 0 Å². The Morgan fingerprint density at radius 1 is 1.27 bits per heavy atom. The molecule has 0 spiro atoms. The first-order chi connectivity index (χ1) is 3.42. The molecular formula is C2H7AsNa2O6. The van der Waals surface area contributed by atoms with Gasteiger partial charge in [-0.1, -0.05) is 0 Å². The van der Waals surface area contributed by atoms with Crippen LogP contribution in [0.3, 0.4) is 0 Å². The molecule has 0 fully saturated rings. The Morgan fingerprint density at radius 3 is 1.55 bits per heavy atom. The van der Waals surface area contributed by atoms with E-state index < -0.39 is 25.4 Å². The minimum atomic E-state index is -4.86. The van der Waals surface area contributed by atoms with Crippen LogP contribution in [-0.4, -0.2) is 98.0 Å². The minimum Gasteiger partial charge on any atom is 0 e. The molecule has 0 rings (SSSR count). The van der Waals surface area contributed by atoms with Gasteiger partial charge in [0.25, 0.3) is 0 Å². The summed E-state index contributed by atoms with van der Waals surface area (Å²) in [6.45, 7) is 0. The van der Waals surface area contributed by atoms with Gasteiger partial charge in [0.2, 0.25) is 0 Å². The van der Waals surface area contributed by atoms with Crippen molar-refractivity contribution in [2.45, 2.75) is 5.21 Å². The molecule has 2 radical (unpaired) electrons. The first kappa shape index (κ1) is 23.0. The molecule has 0 bridgehead atoms. The van der Waals surface area contributed by atoms with E-state index in [2.05, 4.69) is 0 Å². The van der Waals surface area contributed by atoms with Crippen molar-refractivity contribution in [2.75, 3.05) is 0 Å². The van der Waals surface area contributed by atoms with Crippen molar-refractivity contribution in [1.29, 1.82) is 0 Å². The number of rotatable bonds is 2. The van der Waals surface area contributed by atoms with Crippen molar-refractivity contribution in [3.05, 3.63) is 0 Å². The zero-order chi connectivity index (χ0) is 6.78. The predicted molar refractivity (Wildman–Crippen MR) is 38.4 cm³/mol. The number of carboxylic acid groups (broad SMARTS) is 1. The van der Waals surface area contributed by atoms with Crippen LogP contribution >= 0.6 is 0 Å². The van der Waals surface area contributed by atoms with Gasteiger partial charge in [-0.3, -0.25) is 0 Å². The predicted octanol–water partition coefficient (Wildman–Crippen LogP) is -3.16. The normalized spacial score (nSPS) is 8.18. The monoisotopic (exact) mass is 248 g/mol. The minimum absolute atomic E-state index is 0. The van der Waals surface area contributed by atoms with Crippen LogP contribution in [-0.2, 0) is 8.53 Å². The Morgan fingerprint density at radius 2 is 1.55 bits per heavy atom. The fourth-order valence-electron chi connectivity index (χ4n) is 0.176. The molecule has 0 aromatic heterocycles. The van der Waals surface area contributed by atoms with Crippen molar-refractivity contribution in [3.8, 4) is 0 Å². The summed E-state index contributed by atoms with van der Waals surface area (Å²) in [6.07, 6.45) is 0. The second kappa shape index (κ2) is 9.79. The summed E-state index contributed by atoms with van der Waals surface area (Å²) in [7, 11) is 0. The maximum absolute atomic E-state index is 9.82. The third-order valence-corrected chi connectivity index (χ3v) is 1.77. The van der Waals surface area contributed by atoms with Crippen LogP contribution in [0.5, 0.6) is 0 Å². The van der Waals surface area contributed by atoms with E-state index in [4.69, 9.17) is 13.3 Å². The van der Waals surface area contributed by atoms with Gasteiger partial charge in [0.1, 0.15) is 0 Å². The Balaban J connectivity index is -0.0000000817. The van der Waals surface area contributed by atoms with E-state index in [1.165, 1.54) is 0 Å². The van der Waals surface area contributed by atoms with Crippen molar-refractivity contribution >= 4 is 79.3 Å². The summed E-state index contributed by atoms with van der Waals surface area (Å²) < 4.78 is 25.8. The summed E-state index contributed by atoms with van der Waals surface area (Å²) in [6, 6.07) is 0. The Labute approximate surface area is 110 Å². The summed E-state index contributed by atoms with van der Waals surface area (Å²) in [4.78, 5) is 9.54. The first-order valence-corrected chi connectivity index (χ1v) is 5.45. The van der Waals surface area contributed by atoms with Gasteiger partial charge < -0.3 is 5.48 Å². The number of carboxylic acids is 1. The molecule has 0 amide bonds. The molecule has 0 aromatic carbocycles. The summed E-state index contributed by atoms with van der Waals surface area (Å²) in [5, 5.41) is 6.74. The zero-order valence-electron chi connectivity index (χ0n) is 6.31. The molecule has 0 aromatic rings. The quantitative estimate of drug-likeness (QED) is 0.444. The fraction of sp³-hybridized carbons (Fsp3) is 0.500. The van der Waals surface area contributed by atoms with E-state index in [1.807, 2.05) is 0 Å². The largest absolute Gasteiger partial charge is 0 e. The zero-order valence-corrected chi connectivity index (χ0v) is 12.2. The SMILES string of the molecule is O.O=C(O)C[As](=O)(O)O.[Na].[Na]. The molecule has 0 atom stereocenters. The van der Waals surface area contributed by atoms with Crippen molar-refractivity contribution in [3.63, 3.8) is 0 Å². The maximum atomic E-state index is 9.82. The second-order valence-corrected chi connectivity index (χ2v) is 4.67. The second-order valence-electron chi connectivity index (χ2n) is 1.22. The summed E-state index contributed by atoms with van der Waals surface area (Å²) in [5.74, 6) is -1.46. The number of carbonyl (C=O) groups is 1. The third-order valence-electron chi connectivity index (χ3n) is 0.341. The van der Waals surface area contributed by atoms with Gasteiger partial charge in [0.15, 0.2) is 0 Å². The number of aliphatic carboxylic acids is 1. The van der Waals surface area contributed by atoms with Gasteiger partial charge in [-0.15, -0.1) is 0 Å². The van der Waals surface area contributed by atoms with E-state index in [0.29, 0.717) is 0 Å². The van der Waals surface area contributed by atoms with Crippen molar-refractivity contribution in [1.82, 2.24) is 0 Å². The van der Waals surface area contributed by atoms with Crippen LogP contribution in [0, 0.1) is 0 Å². The Bertz CT molecular complexity index is 142. The van der Waals surface area contributed by atoms with Gasteiger partial charge in [-0.05, 0) is 0 Å². The van der Waals surface area contributed by atoms with E-state index in [-0.39, 0.29) is 64.6 Å². The van der Waals surface area contributed by atoms with Gasteiger partial charge >= 0.3 is 47.2 Å². The average Bonchev–Trinajstić information content (AvgIpc) is 1.21. The number of hydrogen-bond donors (Lipinski definition) is 3. The number of hydrogen-bond acceptors (Lipinski definition) is 2. The third kappa shape index (κ3) is 24.5. The van der Waals surface area contributed by atoms with Crippen molar-refractivity contribution < 1.29 is 27.3 Å². The molecule has 0 unspecified atom stereocenters. The van der Waals surface area contributed by atoms with Gasteiger partial charge in [0, 0.05) is 59.1 Å². The molecule has 0 saturated carbocycles. The molecule has 0 saturated heterocycles. The molecule has 58 valence electrons. The molecule has 6 nitrogen and oxygen atoms in total. The smallest absolute Gasteiger partial charge is 0 e. The Hall–Kier alpha value is 1.71. The topological polar surface area (TPSA) is 126 Å². The van der Waals surface area contributed by atoms with Crippen LogP contribution in [0.2, 0.25) is 5.21 Å². The van der Waals surface area contributed by atoms with Crippen molar-refractivity contribution in [2.24, 2.45) is 0 Å². The molecule has 0 aliphatic carbocycles. The van der Waals surface area contributed by atoms with E-state index >= 15 is 0 Å². The molecule has 0 heterocycles. The first-order valence-electron chi connectivity index (χ1n) is 1.68. The van der Waals surface area contributed by atoms with E-state index in [1.54, 1.807) is 0 Å². The van der Waals surface area contributed by atoms with E-state index in [9.17, 15) is 8.53 Å². The van der Waals surface area contributed by atoms with E-state index in [0.717, 1.165) is 0 Å². The van der Waals surface area contributed by atoms with Crippen LogP contribution in [0.4, 0.5) is 0 Å². The molecule has 0 aliphatic rings. The molecule has 9 heteroatoms. The van der Waals surface area contributed by atoms with Crippen LogP contribution < -0.4 is 0 Å². The molecule has 5 N–H and O–H groups in total. The molecular weight excluding hydrogens is 241 g/mol. The Kier molecular flexibility index (Phi) is 20.5. The molecule has 0 aliphatic heterocycles. The fourth-order valence-corrected chi connectivity index (χ4v) is 0.916. The standard InChI is InChI=1S/C2H5AsO5.2Na.H2O/c4-2(5)1-3(6,7)8;;;/h1H2,(H,4,5)(H2,6,7,8);;;1H2.